The molecule has 0 radical (unpaired) electrons. The molecule has 3 aromatic carbocycles. The minimum absolute atomic E-state index is 0.110. The van der Waals surface area contributed by atoms with Crippen LogP contribution in [0, 0.1) is 0 Å². The molecule has 0 bridgehead atoms. The van der Waals surface area contributed by atoms with Crippen molar-refractivity contribution in [2.24, 2.45) is 0 Å². The molecule has 1 unspecified atom stereocenters. The molecule has 38 heavy (non-hydrogen) atoms. The second-order valence-corrected chi connectivity index (χ2v) is 12.0. The first-order valence-corrected chi connectivity index (χ1v) is 14.3. The van der Waals surface area contributed by atoms with Crippen molar-refractivity contribution in [2.75, 3.05) is 4.90 Å². The van der Waals surface area contributed by atoms with E-state index in [1.54, 1.807) is 54.6 Å². The number of aliphatic hydroxyl groups is 1. The van der Waals surface area contributed by atoms with Crippen LogP contribution in [0.25, 0.3) is 5.76 Å². The van der Waals surface area contributed by atoms with Gasteiger partial charge in [0.25, 0.3) is 5.78 Å². The highest BCUT2D eigenvalue weighted by Gasteiger charge is 2.48. The number of benzene rings is 3. The van der Waals surface area contributed by atoms with Crippen molar-refractivity contribution in [1.29, 1.82) is 0 Å². The summed E-state index contributed by atoms with van der Waals surface area (Å²) in [5.74, 6) is -1.45. The Morgan fingerprint density at radius 1 is 0.895 bits per heavy atom. The molecule has 6 nitrogen and oxygen atoms in total. The first kappa shape index (κ1) is 27.0. The number of carbonyl (C=O) groups excluding carboxylic acids is 2. The number of nitrogens with zero attached hydrogens (tertiary/aromatic N) is 3. The first-order valence-electron chi connectivity index (χ1n) is 11.0. The lowest BCUT2D eigenvalue weighted by Gasteiger charge is -2.22. The zero-order chi connectivity index (χ0) is 27.0. The highest BCUT2D eigenvalue weighted by molar-refractivity contribution is 8.00. The number of hydrogen-bond donors (Lipinski definition) is 1. The molecule has 1 aromatic heterocycles. The molecule has 12 heteroatoms. The van der Waals surface area contributed by atoms with Gasteiger partial charge in [0.2, 0.25) is 5.13 Å². The van der Waals surface area contributed by atoms with Gasteiger partial charge in [0.05, 0.1) is 21.7 Å². The third-order valence-electron chi connectivity index (χ3n) is 5.70. The Bertz CT molecular complexity index is 1570. The lowest BCUT2D eigenvalue weighted by molar-refractivity contribution is -0.132. The van der Waals surface area contributed by atoms with Gasteiger partial charge in [0.15, 0.2) is 4.34 Å². The highest BCUT2D eigenvalue weighted by Crippen LogP contribution is 2.45. The minimum Gasteiger partial charge on any atom is -0.507 e. The minimum atomic E-state index is -1.01. The number of amides is 1. The molecule has 1 N–H and O–H groups in total. The summed E-state index contributed by atoms with van der Waals surface area (Å²) < 4.78 is 0.599. The van der Waals surface area contributed by atoms with Crippen LogP contribution >= 0.6 is 69.5 Å². The molecule has 192 valence electrons. The number of thioether (sulfide) groups is 1. The van der Waals surface area contributed by atoms with Gasteiger partial charge in [-0.3, -0.25) is 14.5 Å². The average Bonchev–Trinajstić information content (AvgIpc) is 3.47. The molecular formula is C26H15Cl4N3O3S2. The molecule has 1 saturated heterocycles. The van der Waals surface area contributed by atoms with Gasteiger partial charge in [-0.2, -0.15) is 0 Å². The predicted molar refractivity (Wildman–Crippen MR) is 154 cm³/mol. The van der Waals surface area contributed by atoms with E-state index in [9.17, 15) is 14.7 Å². The van der Waals surface area contributed by atoms with E-state index in [1.807, 2.05) is 12.1 Å². The number of hydrogen-bond acceptors (Lipinski definition) is 7. The Hall–Kier alpha value is -2.59. The number of Topliss-reactive ketones (excluding diaryl/α,β-unsaturated/α-hetero) is 1. The number of aromatic nitrogens is 2. The van der Waals surface area contributed by atoms with E-state index in [2.05, 4.69) is 10.2 Å². The summed E-state index contributed by atoms with van der Waals surface area (Å²) >= 11 is 26.9. The predicted octanol–water partition coefficient (Wildman–Crippen LogP) is 8.07. The van der Waals surface area contributed by atoms with E-state index in [1.165, 1.54) is 16.7 Å². The third-order valence-corrected chi connectivity index (χ3v) is 9.07. The Morgan fingerprint density at radius 3 is 2.21 bits per heavy atom. The van der Waals surface area contributed by atoms with E-state index >= 15 is 0 Å². The normalized spacial score (nSPS) is 16.8. The maximum Gasteiger partial charge on any atom is 0.301 e. The zero-order valence-electron chi connectivity index (χ0n) is 19.1. The van der Waals surface area contributed by atoms with Crippen molar-refractivity contribution in [3.8, 4) is 0 Å². The van der Waals surface area contributed by atoms with Crippen LogP contribution in [0.1, 0.15) is 22.7 Å². The lowest BCUT2D eigenvalue weighted by Crippen LogP contribution is -2.29. The zero-order valence-corrected chi connectivity index (χ0v) is 23.7. The molecule has 1 aliphatic heterocycles. The summed E-state index contributed by atoms with van der Waals surface area (Å²) in [5, 5.41) is 21.5. The van der Waals surface area contributed by atoms with E-state index in [0.29, 0.717) is 36.3 Å². The van der Waals surface area contributed by atoms with Crippen LogP contribution in [0.4, 0.5) is 5.13 Å². The van der Waals surface area contributed by atoms with Crippen molar-refractivity contribution in [3.05, 3.63) is 109 Å². The molecule has 5 rings (SSSR count). The third kappa shape index (κ3) is 5.43. The molecule has 2 heterocycles. The smallest absolute Gasteiger partial charge is 0.301 e. The van der Waals surface area contributed by atoms with Crippen LogP contribution in [0.3, 0.4) is 0 Å². The Labute approximate surface area is 245 Å². The van der Waals surface area contributed by atoms with E-state index < -0.39 is 17.7 Å². The maximum absolute atomic E-state index is 13.3. The summed E-state index contributed by atoms with van der Waals surface area (Å²) in [6.45, 7) is 0. The molecule has 0 aliphatic carbocycles. The van der Waals surface area contributed by atoms with E-state index in [4.69, 9.17) is 46.4 Å². The fraction of sp³-hybridized carbons (Fsp3) is 0.0769. The maximum atomic E-state index is 13.3. The number of ketones is 1. The quantitative estimate of drug-likeness (QED) is 0.0769. The standard InChI is InChI=1S/C26H15Cl4N3O3S2/c27-16-6-1-13(2-7-16)12-37-26-32-31-25(38-26)33-21(15-5-10-18(29)19(30)11-15)20(23(35)24(33)36)22(34)14-3-8-17(28)9-4-14/h1-11,21,34H,12H2/b22-20-. The SMILES string of the molecule is O=C1C(=O)N(c2nnc(SCc3ccc(Cl)cc3)s2)C(c2ccc(Cl)c(Cl)c2)/C1=C(/O)c1ccc(Cl)cc1. The molecule has 1 amide bonds. The van der Waals surface area contributed by atoms with Crippen molar-refractivity contribution in [3.63, 3.8) is 0 Å². The van der Waals surface area contributed by atoms with Crippen LogP contribution in [0.2, 0.25) is 20.1 Å². The number of rotatable bonds is 6. The van der Waals surface area contributed by atoms with Gasteiger partial charge < -0.3 is 5.11 Å². The molecule has 4 aromatic rings. The van der Waals surface area contributed by atoms with Gasteiger partial charge in [-0.15, -0.1) is 10.2 Å². The number of halogens is 4. The van der Waals surface area contributed by atoms with Crippen LogP contribution in [0.5, 0.6) is 0 Å². The Morgan fingerprint density at radius 2 is 1.55 bits per heavy atom. The van der Waals surface area contributed by atoms with Crippen LogP contribution in [0.15, 0.2) is 76.6 Å². The number of carbonyl (C=O) groups is 2. The van der Waals surface area contributed by atoms with Crippen molar-refractivity contribution in [1.82, 2.24) is 10.2 Å². The monoisotopic (exact) mass is 621 g/mol. The van der Waals surface area contributed by atoms with Crippen molar-refractivity contribution < 1.29 is 14.7 Å². The number of anilines is 1. The number of aliphatic hydroxyl groups excluding tert-OH is 1. The van der Waals surface area contributed by atoms with Crippen LogP contribution in [-0.2, 0) is 15.3 Å². The second kappa shape index (κ2) is 11.3. The summed E-state index contributed by atoms with van der Waals surface area (Å²) in [7, 11) is 0. The topological polar surface area (TPSA) is 83.4 Å². The molecule has 0 saturated carbocycles. The summed E-state index contributed by atoms with van der Waals surface area (Å²) in [4.78, 5) is 27.9. The van der Waals surface area contributed by atoms with Gasteiger partial charge in [-0.05, 0) is 59.7 Å². The fourth-order valence-corrected chi connectivity index (χ4v) is 6.26. The Kier molecular flexibility index (Phi) is 8.00. The first-order chi connectivity index (χ1) is 18.2. The highest BCUT2D eigenvalue weighted by atomic mass is 35.5. The van der Waals surface area contributed by atoms with E-state index in [0.717, 1.165) is 16.9 Å². The molecule has 1 atom stereocenters. The summed E-state index contributed by atoms with van der Waals surface area (Å²) in [6.07, 6.45) is 0. The van der Waals surface area contributed by atoms with Gasteiger partial charge in [0.1, 0.15) is 5.76 Å². The fourth-order valence-electron chi connectivity index (χ4n) is 3.87. The van der Waals surface area contributed by atoms with Gasteiger partial charge in [0, 0.05) is 21.4 Å². The summed E-state index contributed by atoms with van der Waals surface area (Å²) in [5.41, 5.74) is 1.73. The van der Waals surface area contributed by atoms with Crippen molar-refractivity contribution in [2.45, 2.75) is 16.1 Å². The van der Waals surface area contributed by atoms with Gasteiger partial charge >= 0.3 is 5.91 Å². The van der Waals surface area contributed by atoms with Crippen LogP contribution < -0.4 is 4.90 Å². The molecule has 0 spiro atoms. The van der Waals surface area contributed by atoms with Gasteiger partial charge in [-0.1, -0.05) is 87.7 Å². The van der Waals surface area contributed by atoms with E-state index in [-0.39, 0.29) is 21.5 Å². The molecule has 1 fully saturated rings. The average molecular weight is 623 g/mol. The molecular weight excluding hydrogens is 608 g/mol. The summed E-state index contributed by atoms with van der Waals surface area (Å²) in [6, 6.07) is 17.5. The van der Waals surface area contributed by atoms with Crippen LogP contribution in [-0.4, -0.2) is 27.0 Å². The second-order valence-electron chi connectivity index (χ2n) is 8.12. The molecule has 1 aliphatic rings. The van der Waals surface area contributed by atoms with Gasteiger partial charge in [-0.25, -0.2) is 0 Å². The lowest BCUT2D eigenvalue weighted by atomic mass is 9.95. The van der Waals surface area contributed by atoms with Crippen molar-refractivity contribution >= 4 is 92.1 Å². The largest absolute Gasteiger partial charge is 0.507 e. The Balaban J connectivity index is 1.55.